The molecule has 9 heteroatoms. The second kappa shape index (κ2) is 15.4. The number of thioether (sulfide) groups is 1. The molecule has 1 aliphatic carbocycles. The van der Waals surface area contributed by atoms with Crippen molar-refractivity contribution >= 4 is 70.0 Å². The highest BCUT2D eigenvalue weighted by molar-refractivity contribution is 7.99. The molecule has 2 amide bonds. The van der Waals surface area contributed by atoms with Crippen LogP contribution in [0.2, 0.25) is 20.1 Å². The van der Waals surface area contributed by atoms with Gasteiger partial charge in [-0.25, -0.2) is 0 Å². The van der Waals surface area contributed by atoms with E-state index in [0.29, 0.717) is 32.3 Å². The van der Waals surface area contributed by atoms with Crippen LogP contribution in [0.4, 0.5) is 0 Å². The molecule has 1 fully saturated rings. The van der Waals surface area contributed by atoms with Gasteiger partial charge in [0.15, 0.2) is 0 Å². The third-order valence-corrected chi connectivity index (χ3v) is 9.37. The predicted molar refractivity (Wildman–Crippen MR) is 169 cm³/mol. The smallest absolute Gasteiger partial charge is 0.243 e. The maximum Gasteiger partial charge on any atom is 0.243 e. The number of nitrogens with one attached hydrogen (secondary N) is 1. The van der Waals surface area contributed by atoms with E-state index in [1.165, 1.54) is 18.2 Å². The van der Waals surface area contributed by atoms with Gasteiger partial charge in [-0.15, -0.1) is 11.8 Å². The summed E-state index contributed by atoms with van der Waals surface area (Å²) in [5.74, 6) is 0.489. The summed E-state index contributed by atoms with van der Waals surface area (Å²) >= 11 is 26.4. The highest BCUT2D eigenvalue weighted by atomic mass is 35.5. The minimum atomic E-state index is -0.700. The number of benzene rings is 3. The molecule has 212 valence electrons. The maximum absolute atomic E-state index is 13.9. The van der Waals surface area contributed by atoms with Gasteiger partial charge in [0.05, 0.1) is 15.8 Å². The average molecular weight is 638 g/mol. The SMILES string of the molecule is O=C(NC1CCCCC1)C(Cc1ccccc1)N(Cc1ccc(Cl)cc1Cl)C(=O)CSCc1ccc(Cl)c(Cl)c1. The van der Waals surface area contributed by atoms with Gasteiger partial charge in [-0.1, -0.05) is 108 Å². The first-order chi connectivity index (χ1) is 19.3. The molecule has 0 spiro atoms. The monoisotopic (exact) mass is 636 g/mol. The van der Waals surface area contributed by atoms with Gasteiger partial charge in [0, 0.05) is 34.8 Å². The standard InChI is InChI=1S/C31H32Cl4N2O2S/c32-24-13-12-23(27(34)17-24)18-37(30(38)20-40-19-22-11-14-26(33)28(35)15-22)29(16-21-7-3-1-4-8-21)31(39)36-25-9-5-2-6-10-25/h1,3-4,7-8,11-15,17,25,29H,2,5-6,9-10,16,18-20H2,(H,36,39). The zero-order chi connectivity index (χ0) is 28.5. The number of nitrogens with zero attached hydrogens (tertiary/aromatic N) is 1. The zero-order valence-electron chi connectivity index (χ0n) is 22.1. The molecule has 1 saturated carbocycles. The van der Waals surface area contributed by atoms with Gasteiger partial charge < -0.3 is 10.2 Å². The van der Waals surface area contributed by atoms with Gasteiger partial charge in [0.2, 0.25) is 11.8 Å². The van der Waals surface area contributed by atoms with Crippen LogP contribution >= 0.6 is 58.2 Å². The molecule has 0 aliphatic heterocycles. The van der Waals surface area contributed by atoms with E-state index < -0.39 is 6.04 Å². The van der Waals surface area contributed by atoms with E-state index in [4.69, 9.17) is 46.4 Å². The number of amides is 2. The lowest BCUT2D eigenvalue weighted by Crippen LogP contribution is -2.53. The molecule has 3 aromatic rings. The van der Waals surface area contributed by atoms with Crippen molar-refractivity contribution in [2.75, 3.05) is 5.75 Å². The molecule has 0 aromatic heterocycles. The Kier molecular flexibility index (Phi) is 11.9. The summed E-state index contributed by atoms with van der Waals surface area (Å²) < 4.78 is 0. The quantitative estimate of drug-likeness (QED) is 0.229. The first-order valence-electron chi connectivity index (χ1n) is 13.4. The molecule has 0 heterocycles. The summed E-state index contributed by atoms with van der Waals surface area (Å²) in [5.41, 5.74) is 2.68. The van der Waals surface area contributed by atoms with Crippen molar-refractivity contribution in [3.63, 3.8) is 0 Å². The fraction of sp³-hybridized carbons (Fsp3) is 0.355. The van der Waals surface area contributed by atoms with Crippen LogP contribution in [0.25, 0.3) is 0 Å². The lowest BCUT2D eigenvalue weighted by Gasteiger charge is -2.33. The number of hydrogen-bond acceptors (Lipinski definition) is 3. The summed E-state index contributed by atoms with van der Waals surface area (Å²) in [6.07, 6.45) is 5.70. The maximum atomic E-state index is 13.9. The van der Waals surface area contributed by atoms with E-state index in [1.807, 2.05) is 48.5 Å². The summed E-state index contributed by atoms with van der Waals surface area (Å²) in [4.78, 5) is 29.4. The van der Waals surface area contributed by atoms with Gasteiger partial charge in [-0.3, -0.25) is 9.59 Å². The minimum Gasteiger partial charge on any atom is -0.352 e. The molecule has 40 heavy (non-hydrogen) atoms. The third kappa shape index (κ3) is 9.06. The minimum absolute atomic E-state index is 0.125. The van der Waals surface area contributed by atoms with Crippen LogP contribution in [0, 0.1) is 0 Å². The predicted octanol–water partition coefficient (Wildman–Crippen LogP) is 8.62. The van der Waals surface area contributed by atoms with Gasteiger partial charge in [-0.2, -0.15) is 0 Å². The van der Waals surface area contributed by atoms with Crippen molar-refractivity contribution in [1.82, 2.24) is 10.2 Å². The van der Waals surface area contributed by atoms with Crippen LogP contribution in [0.1, 0.15) is 48.8 Å². The molecule has 1 atom stereocenters. The Morgan fingerprint density at radius 1 is 0.850 bits per heavy atom. The van der Waals surface area contributed by atoms with Crippen molar-refractivity contribution in [2.24, 2.45) is 0 Å². The molecular weight excluding hydrogens is 606 g/mol. The van der Waals surface area contributed by atoms with E-state index in [9.17, 15) is 9.59 Å². The highest BCUT2D eigenvalue weighted by Gasteiger charge is 2.32. The van der Waals surface area contributed by atoms with Gasteiger partial charge in [0.1, 0.15) is 6.04 Å². The Morgan fingerprint density at radius 3 is 2.30 bits per heavy atom. The summed E-state index contributed by atoms with van der Waals surface area (Å²) in [7, 11) is 0. The van der Waals surface area contributed by atoms with Gasteiger partial charge >= 0.3 is 0 Å². The molecule has 0 radical (unpaired) electrons. The topological polar surface area (TPSA) is 49.4 Å². The number of carbonyl (C=O) groups is 2. The second-order valence-corrected chi connectivity index (χ2v) is 12.7. The van der Waals surface area contributed by atoms with Crippen molar-refractivity contribution in [1.29, 1.82) is 0 Å². The molecule has 3 aromatic carbocycles. The first-order valence-corrected chi connectivity index (χ1v) is 16.1. The molecule has 1 unspecified atom stereocenters. The lowest BCUT2D eigenvalue weighted by molar-refractivity contribution is -0.139. The number of hydrogen-bond donors (Lipinski definition) is 1. The molecule has 0 saturated heterocycles. The fourth-order valence-corrected chi connectivity index (χ4v) is 6.55. The van der Waals surface area contributed by atoms with Crippen LogP contribution in [0.5, 0.6) is 0 Å². The van der Waals surface area contributed by atoms with Crippen molar-refractivity contribution in [3.8, 4) is 0 Å². The summed E-state index contributed by atoms with van der Waals surface area (Å²) in [6, 6.07) is 19.9. The molecule has 0 bridgehead atoms. The summed E-state index contributed by atoms with van der Waals surface area (Å²) in [5, 5.41) is 5.20. The molecular formula is C31H32Cl4N2O2S. The van der Waals surface area contributed by atoms with Crippen LogP contribution in [-0.2, 0) is 28.3 Å². The Balaban J connectivity index is 1.58. The van der Waals surface area contributed by atoms with Crippen molar-refractivity contribution < 1.29 is 9.59 Å². The Hall–Kier alpha value is -1.89. The van der Waals surface area contributed by atoms with E-state index in [1.54, 1.807) is 23.1 Å². The molecule has 1 N–H and O–H groups in total. The Labute approximate surface area is 260 Å². The van der Waals surface area contributed by atoms with Crippen molar-refractivity contribution in [3.05, 3.63) is 104 Å². The van der Waals surface area contributed by atoms with E-state index in [2.05, 4.69) is 5.32 Å². The molecule has 4 nitrogen and oxygen atoms in total. The first kappa shape index (κ1) is 31.1. The van der Waals surface area contributed by atoms with Gasteiger partial charge in [0.25, 0.3) is 0 Å². The Morgan fingerprint density at radius 2 is 1.60 bits per heavy atom. The van der Waals surface area contributed by atoms with E-state index in [-0.39, 0.29) is 30.2 Å². The Bertz CT molecular complexity index is 1300. The number of halogens is 4. The molecule has 4 rings (SSSR count). The fourth-order valence-electron chi connectivity index (χ4n) is 4.90. The second-order valence-electron chi connectivity index (χ2n) is 10.0. The van der Waals surface area contributed by atoms with Crippen LogP contribution in [0.15, 0.2) is 66.7 Å². The van der Waals surface area contributed by atoms with Crippen LogP contribution in [0.3, 0.4) is 0 Å². The lowest BCUT2D eigenvalue weighted by atomic mass is 9.94. The van der Waals surface area contributed by atoms with E-state index in [0.717, 1.165) is 42.4 Å². The average Bonchev–Trinajstić information content (AvgIpc) is 2.94. The van der Waals surface area contributed by atoms with E-state index >= 15 is 0 Å². The third-order valence-electron chi connectivity index (χ3n) is 7.06. The molecule has 1 aliphatic rings. The normalized spacial score (nSPS) is 14.5. The highest BCUT2D eigenvalue weighted by Crippen LogP contribution is 2.27. The largest absolute Gasteiger partial charge is 0.352 e. The van der Waals surface area contributed by atoms with Crippen LogP contribution < -0.4 is 5.32 Å². The van der Waals surface area contributed by atoms with Crippen molar-refractivity contribution in [2.45, 2.75) is 62.9 Å². The summed E-state index contributed by atoms with van der Waals surface area (Å²) in [6.45, 7) is 0.192. The number of rotatable bonds is 11. The zero-order valence-corrected chi connectivity index (χ0v) is 25.9. The van der Waals surface area contributed by atoms with Crippen LogP contribution in [-0.4, -0.2) is 34.6 Å². The number of carbonyl (C=O) groups excluding carboxylic acids is 2. The van der Waals surface area contributed by atoms with Gasteiger partial charge in [-0.05, 0) is 53.8 Å².